The minimum absolute atomic E-state index is 0.0798. The largest absolute Gasteiger partial charge is 0.481 e. The molecule has 4 rings (SSSR count). The van der Waals surface area contributed by atoms with Crippen molar-refractivity contribution >= 4 is 22.9 Å². The molecule has 7 nitrogen and oxygen atoms in total. The van der Waals surface area contributed by atoms with Crippen LogP contribution in [0, 0.1) is 11.3 Å². The lowest BCUT2D eigenvalue weighted by atomic mass is 9.73. The van der Waals surface area contributed by atoms with Gasteiger partial charge in [0.1, 0.15) is 11.2 Å². The van der Waals surface area contributed by atoms with E-state index >= 15 is 0 Å². The zero-order valence-electron chi connectivity index (χ0n) is 15.2. The zero-order chi connectivity index (χ0) is 19.0. The number of likely N-dealkylation sites (tertiary alicyclic amines) is 1. The van der Waals surface area contributed by atoms with Crippen LogP contribution in [-0.4, -0.2) is 56.2 Å². The van der Waals surface area contributed by atoms with Crippen molar-refractivity contribution in [3.05, 3.63) is 30.1 Å². The van der Waals surface area contributed by atoms with E-state index in [0.29, 0.717) is 31.7 Å². The number of fused-ring (bicyclic) bond motifs is 1. The second kappa shape index (κ2) is 6.96. The Morgan fingerprint density at radius 1 is 1.26 bits per heavy atom. The van der Waals surface area contributed by atoms with Gasteiger partial charge in [-0.1, -0.05) is 25.0 Å². The maximum absolute atomic E-state index is 12.7. The van der Waals surface area contributed by atoms with Crippen LogP contribution in [0.15, 0.2) is 24.3 Å². The van der Waals surface area contributed by atoms with E-state index in [1.54, 1.807) is 4.90 Å². The maximum Gasteiger partial charge on any atom is 0.314 e. The Bertz CT molecular complexity index is 827. The van der Waals surface area contributed by atoms with Gasteiger partial charge in [-0.05, 0) is 30.9 Å². The van der Waals surface area contributed by atoms with E-state index in [4.69, 9.17) is 0 Å². The summed E-state index contributed by atoms with van der Waals surface area (Å²) in [6, 6.07) is 7.71. The molecule has 0 radical (unpaired) electrons. The molecule has 2 atom stereocenters. The van der Waals surface area contributed by atoms with Gasteiger partial charge in [-0.25, -0.2) is 4.98 Å². The molecule has 3 N–H and O–H groups in total. The molecule has 2 aromatic rings. The van der Waals surface area contributed by atoms with E-state index in [1.165, 1.54) is 0 Å². The van der Waals surface area contributed by atoms with Gasteiger partial charge in [0.15, 0.2) is 0 Å². The predicted octanol–water partition coefficient (Wildman–Crippen LogP) is 1.96. The number of nitrogens with one attached hydrogen (secondary N) is 1. The Kier molecular flexibility index (Phi) is 4.63. The van der Waals surface area contributed by atoms with Crippen molar-refractivity contribution in [2.45, 2.75) is 44.6 Å². The SMILES string of the molecule is O=C(CCc1nc2ccccc2[nH]1)N1CC[C@H](O)[C@](CC2CC2)(C(=O)O)C1. The van der Waals surface area contributed by atoms with Gasteiger partial charge < -0.3 is 20.1 Å². The van der Waals surface area contributed by atoms with Crippen LogP contribution in [0.2, 0.25) is 0 Å². The molecule has 1 aliphatic heterocycles. The number of benzene rings is 1. The van der Waals surface area contributed by atoms with Gasteiger partial charge in [0.05, 0.1) is 17.1 Å². The lowest BCUT2D eigenvalue weighted by Gasteiger charge is -2.43. The van der Waals surface area contributed by atoms with E-state index in [1.807, 2.05) is 24.3 Å². The highest BCUT2D eigenvalue weighted by Crippen LogP contribution is 2.45. The third-order valence-electron chi connectivity index (χ3n) is 5.93. The highest BCUT2D eigenvalue weighted by Gasteiger charge is 2.52. The number of aliphatic hydroxyl groups is 1. The fourth-order valence-electron chi connectivity index (χ4n) is 4.13. The second-order valence-corrected chi connectivity index (χ2v) is 7.93. The van der Waals surface area contributed by atoms with Crippen LogP contribution < -0.4 is 0 Å². The summed E-state index contributed by atoms with van der Waals surface area (Å²) in [6.07, 6.45) is 2.66. The number of aliphatic hydroxyl groups excluding tert-OH is 1. The summed E-state index contributed by atoms with van der Waals surface area (Å²) in [7, 11) is 0. The quantitative estimate of drug-likeness (QED) is 0.720. The van der Waals surface area contributed by atoms with Crippen LogP contribution >= 0.6 is 0 Å². The molecule has 1 aliphatic carbocycles. The summed E-state index contributed by atoms with van der Waals surface area (Å²) in [4.78, 5) is 34.0. The van der Waals surface area contributed by atoms with Crippen LogP contribution in [0.25, 0.3) is 11.0 Å². The Morgan fingerprint density at radius 2 is 2.04 bits per heavy atom. The number of carbonyl (C=O) groups is 2. The number of nitrogens with zero attached hydrogens (tertiary/aromatic N) is 2. The first-order chi connectivity index (χ1) is 13.0. The van der Waals surface area contributed by atoms with Crippen molar-refractivity contribution in [2.75, 3.05) is 13.1 Å². The number of aromatic amines is 1. The molecule has 0 bridgehead atoms. The molecule has 7 heteroatoms. The van der Waals surface area contributed by atoms with Crippen LogP contribution in [0.3, 0.4) is 0 Å². The standard InChI is InChI=1S/C20H25N3O4/c24-16-9-10-23(12-20(16,19(26)27)11-13-5-6-13)18(25)8-7-17-21-14-3-1-2-4-15(14)22-17/h1-4,13,16,24H,5-12H2,(H,21,22)(H,26,27)/t16-,20+/m0/s1. The number of carbonyl (C=O) groups excluding carboxylic acids is 1. The summed E-state index contributed by atoms with van der Waals surface area (Å²) in [6.45, 7) is 0.499. The molecule has 1 amide bonds. The van der Waals surface area contributed by atoms with Crippen LogP contribution in [0.1, 0.15) is 37.9 Å². The topological polar surface area (TPSA) is 107 Å². The average Bonchev–Trinajstić information content (AvgIpc) is 3.36. The van der Waals surface area contributed by atoms with Crippen LogP contribution in [0.5, 0.6) is 0 Å². The summed E-state index contributed by atoms with van der Waals surface area (Å²) >= 11 is 0. The Balaban J connectivity index is 1.42. The molecule has 1 saturated carbocycles. The van der Waals surface area contributed by atoms with Crippen molar-refractivity contribution in [2.24, 2.45) is 11.3 Å². The Morgan fingerprint density at radius 3 is 2.74 bits per heavy atom. The first kappa shape index (κ1) is 18.0. The highest BCUT2D eigenvalue weighted by atomic mass is 16.4. The van der Waals surface area contributed by atoms with Crippen molar-refractivity contribution < 1.29 is 19.8 Å². The third kappa shape index (κ3) is 3.56. The number of imidazole rings is 1. The predicted molar refractivity (Wildman–Crippen MR) is 99.0 cm³/mol. The first-order valence-corrected chi connectivity index (χ1v) is 9.61. The Labute approximate surface area is 157 Å². The lowest BCUT2D eigenvalue weighted by molar-refractivity contribution is -0.167. The molecule has 0 unspecified atom stereocenters. The molecular weight excluding hydrogens is 346 g/mol. The molecule has 2 aliphatic rings. The number of carboxylic acid groups (broad SMARTS) is 1. The van der Waals surface area contributed by atoms with Gasteiger partial charge in [-0.2, -0.15) is 0 Å². The smallest absolute Gasteiger partial charge is 0.314 e. The number of aliphatic carboxylic acids is 1. The molecule has 2 heterocycles. The number of para-hydroxylation sites is 2. The molecule has 0 spiro atoms. The number of H-pyrrole nitrogens is 1. The van der Waals surface area contributed by atoms with Gasteiger partial charge in [-0.15, -0.1) is 0 Å². The maximum atomic E-state index is 12.7. The number of hydrogen-bond donors (Lipinski definition) is 3. The number of carboxylic acids is 1. The van der Waals surface area contributed by atoms with Gasteiger partial charge in [0.25, 0.3) is 0 Å². The van der Waals surface area contributed by atoms with E-state index in [2.05, 4.69) is 9.97 Å². The van der Waals surface area contributed by atoms with Crippen molar-refractivity contribution in [1.82, 2.24) is 14.9 Å². The van der Waals surface area contributed by atoms with E-state index in [9.17, 15) is 19.8 Å². The minimum Gasteiger partial charge on any atom is -0.481 e. The zero-order valence-corrected chi connectivity index (χ0v) is 15.2. The van der Waals surface area contributed by atoms with Crippen molar-refractivity contribution in [3.8, 4) is 0 Å². The normalized spacial score (nSPS) is 25.7. The number of aromatic nitrogens is 2. The molecule has 27 heavy (non-hydrogen) atoms. The van der Waals surface area contributed by atoms with Gasteiger partial charge in [0, 0.05) is 25.9 Å². The van der Waals surface area contributed by atoms with Gasteiger partial charge in [-0.3, -0.25) is 9.59 Å². The van der Waals surface area contributed by atoms with E-state index in [0.717, 1.165) is 29.7 Å². The second-order valence-electron chi connectivity index (χ2n) is 7.93. The third-order valence-corrected chi connectivity index (χ3v) is 5.93. The lowest BCUT2D eigenvalue weighted by Crippen LogP contribution is -2.57. The first-order valence-electron chi connectivity index (χ1n) is 9.61. The summed E-state index contributed by atoms with van der Waals surface area (Å²) < 4.78 is 0. The van der Waals surface area contributed by atoms with Gasteiger partial charge >= 0.3 is 5.97 Å². The molecule has 1 aromatic carbocycles. The van der Waals surface area contributed by atoms with Crippen molar-refractivity contribution in [3.63, 3.8) is 0 Å². The molecule has 2 fully saturated rings. The number of hydrogen-bond acceptors (Lipinski definition) is 4. The Hall–Kier alpha value is -2.41. The fourth-order valence-corrected chi connectivity index (χ4v) is 4.13. The average molecular weight is 371 g/mol. The van der Waals surface area contributed by atoms with E-state index < -0.39 is 17.5 Å². The van der Waals surface area contributed by atoms with Crippen molar-refractivity contribution in [1.29, 1.82) is 0 Å². The summed E-state index contributed by atoms with van der Waals surface area (Å²) in [5.74, 6) is 0.0471. The minimum atomic E-state index is -1.23. The molecule has 1 aromatic heterocycles. The number of rotatable bonds is 6. The van der Waals surface area contributed by atoms with Crippen LogP contribution in [-0.2, 0) is 16.0 Å². The monoisotopic (exact) mass is 371 g/mol. The molecule has 1 saturated heterocycles. The summed E-state index contributed by atoms with van der Waals surface area (Å²) in [5, 5.41) is 20.2. The summed E-state index contributed by atoms with van der Waals surface area (Å²) in [5.41, 5.74) is 0.583. The molecule has 144 valence electrons. The van der Waals surface area contributed by atoms with Gasteiger partial charge in [0.2, 0.25) is 5.91 Å². The van der Waals surface area contributed by atoms with E-state index in [-0.39, 0.29) is 18.9 Å². The number of amides is 1. The molecular formula is C20H25N3O4. The highest BCUT2D eigenvalue weighted by molar-refractivity contribution is 5.80. The van der Waals surface area contributed by atoms with Crippen LogP contribution in [0.4, 0.5) is 0 Å². The number of piperidine rings is 1. The number of aryl methyl sites for hydroxylation is 1. The fraction of sp³-hybridized carbons (Fsp3) is 0.550.